The molecule has 0 amide bonds. The molecule has 0 saturated carbocycles. The lowest BCUT2D eigenvalue weighted by molar-refractivity contribution is 0.956. The second-order valence-corrected chi connectivity index (χ2v) is 2.96. The van der Waals surface area contributed by atoms with Crippen LogP contribution in [0.4, 0.5) is 0 Å². The summed E-state index contributed by atoms with van der Waals surface area (Å²) in [6, 6.07) is 0. The molecule has 55 valence electrons. The summed E-state index contributed by atoms with van der Waals surface area (Å²) in [5.74, 6) is 0.844. The Morgan fingerprint density at radius 2 is 2.55 bits per heavy atom. The van der Waals surface area contributed by atoms with Gasteiger partial charge in [-0.25, -0.2) is 15.0 Å². The van der Waals surface area contributed by atoms with Crippen LogP contribution in [-0.4, -0.2) is 15.0 Å². The standard InChI is InChI=1S/C7H6N3S/c1-2-6-8-3-5-7(10-6)9-4-11-5/h3H,2H2,1H3. The molecule has 0 N–H and O–H groups in total. The van der Waals surface area contributed by atoms with Crippen molar-refractivity contribution in [2.45, 2.75) is 13.3 Å². The summed E-state index contributed by atoms with van der Waals surface area (Å²) in [7, 11) is 0. The van der Waals surface area contributed by atoms with Crippen molar-refractivity contribution >= 4 is 21.7 Å². The summed E-state index contributed by atoms with van der Waals surface area (Å²) in [6.45, 7) is 2.03. The molecule has 0 atom stereocenters. The average molecular weight is 164 g/mol. The lowest BCUT2D eigenvalue weighted by atomic mass is 10.4. The zero-order valence-electron chi connectivity index (χ0n) is 6.03. The summed E-state index contributed by atoms with van der Waals surface area (Å²) < 4.78 is 1.00. The first kappa shape index (κ1) is 6.67. The highest BCUT2D eigenvalue weighted by Gasteiger charge is 1.99. The monoisotopic (exact) mass is 164 g/mol. The minimum Gasteiger partial charge on any atom is -0.240 e. The van der Waals surface area contributed by atoms with E-state index in [0.29, 0.717) is 0 Å². The summed E-state index contributed by atoms with van der Waals surface area (Å²) in [6.07, 6.45) is 2.66. The van der Waals surface area contributed by atoms with Crippen LogP contribution in [0.2, 0.25) is 0 Å². The minimum absolute atomic E-state index is 0.766. The van der Waals surface area contributed by atoms with E-state index < -0.39 is 0 Å². The Bertz CT molecular complexity index is 368. The fourth-order valence-corrected chi connectivity index (χ4v) is 1.35. The molecule has 2 rings (SSSR count). The number of hydrogen-bond donors (Lipinski definition) is 0. The number of thiazole rings is 1. The first-order valence-corrected chi connectivity index (χ1v) is 4.20. The van der Waals surface area contributed by atoms with Crippen LogP contribution in [0.25, 0.3) is 10.3 Å². The van der Waals surface area contributed by atoms with E-state index >= 15 is 0 Å². The fourth-order valence-electron chi connectivity index (χ4n) is 0.835. The molecule has 0 aromatic carbocycles. The highest BCUT2D eigenvalue weighted by atomic mass is 32.1. The van der Waals surface area contributed by atoms with E-state index in [-0.39, 0.29) is 0 Å². The molecule has 0 spiro atoms. The Kier molecular flexibility index (Phi) is 1.54. The Hall–Kier alpha value is -1.03. The van der Waals surface area contributed by atoms with Crippen molar-refractivity contribution in [3.05, 3.63) is 17.5 Å². The van der Waals surface area contributed by atoms with Crippen molar-refractivity contribution < 1.29 is 0 Å². The second kappa shape index (κ2) is 2.54. The molecule has 0 saturated heterocycles. The molecular formula is C7H6N3S. The third-order valence-electron chi connectivity index (χ3n) is 1.41. The van der Waals surface area contributed by atoms with E-state index in [1.54, 1.807) is 6.20 Å². The predicted octanol–water partition coefficient (Wildman–Crippen LogP) is 1.45. The molecule has 0 aliphatic carbocycles. The number of aromatic nitrogens is 3. The topological polar surface area (TPSA) is 38.7 Å². The molecule has 4 heteroatoms. The van der Waals surface area contributed by atoms with Crippen molar-refractivity contribution in [1.82, 2.24) is 15.0 Å². The third kappa shape index (κ3) is 1.09. The Labute approximate surface area is 68.1 Å². The number of aryl methyl sites for hydroxylation is 1. The first-order chi connectivity index (χ1) is 5.40. The summed E-state index contributed by atoms with van der Waals surface area (Å²) >= 11 is 1.45. The fraction of sp³-hybridized carbons (Fsp3) is 0.286. The van der Waals surface area contributed by atoms with Gasteiger partial charge in [0, 0.05) is 6.42 Å². The Morgan fingerprint density at radius 1 is 1.64 bits per heavy atom. The van der Waals surface area contributed by atoms with Gasteiger partial charge in [0.15, 0.2) is 11.2 Å². The van der Waals surface area contributed by atoms with E-state index in [2.05, 4.69) is 20.5 Å². The third-order valence-corrected chi connectivity index (χ3v) is 2.10. The second-order valence-electron chi connectivity index (χ2n) is 2.13. The highest BCUT2D eigenvalue weighted by molar-refractivity contribution is 7.16. The maximum atomic E-state index is 4.21. The molecule has 1 radical (unpaired) electrons. The molecule has 2 aromatic rings. The first-order valence-electron chi connectivity index (χ1n) is 3.38. The molecule has 0 unspecified atom stereocenters. The molecule has 3 nitrogen and oxygen atoms in total. The molecule has 0 bridgehead atoms. The minimum atomic E-state index is 0.766. The van der Waals surface area contributed by atoms with Crippen LogP contribution in [0.1, 0.15) is 12.7 Å². The zero-order chi connectivity index (χ0) is 7.68. The number of nitrogens with zero attached hydrogens (tertiary/aromatic N) is 3. The van der Waals surface area contributed by atoms with Gasteiger partial charge in [-0.2, -0.15) is 0 Å². The molecular weight excluding hydrogens is 158 g/mol. The van der Waals surface area contributed by atoms with Gasteiger partial charge in [0.25, 0.3) is 0 Å². The lowest BCUT2D eigenvalue weighted by Crippen LogP contribution is -1.90. The van der Waals surface area contributed by atoms with Crippen LogP contribution >= 0.6 is 11.3 Å². The van der Waals surface area contributed by atoms with Crippen molar-refractivity contribution in [1.29, 1.82) is 0 Å². The molecule has 0 aliphatic rings. The van der Waals surface area contributed by atoms with Gasteiger partial charge in [-0.05, 0) is 0 Å². The van der Waals surface area contributed by atoms with Gasteiger partial charge >= 0.3 is 0 Å². The van der Waals surface area contributed by atoms with E-state index in [1.807, 2.05) is 6.92 Å². The molecule has 0 fully saturated rings. The van der Waals surface area contributed by atoms with Crippen LogP contribution in [0.3, 0.4) is 0 Å². The number of rotatable bonds is 1. The van der Waals surface area contributed by atoms with Gasteiger partial charge in [-0.15, -0.1) is 11.3 Å². The highest BCUT2D eigenvalue weighted by Crippen LogP contribution is 2.12. The SMILES string of the molecule is CCc1ncc2s[c]nc2n1. The van der Waals surface area contributed by atoms with Gasteiger partial charge < -0.3 is 0 Å². The quantitative estimate of drug-likeness (QED) is 0.640. The van der Waals surface area contributed by atoms with Crippen LogP contribution in [0.15, 0.2) is 6.20 Å². The van der Waals surface area contributed by atoms with Crippen molar-refractivity contribution in [2.75, 3.05) is 0 Å². The largest absolute Gasteiger partial charge is 0.240 e. The van der Waals surface area contributed by atoms with Crippen molar-refractivity contribution in [3.8, 4) is 0 Å². The van der Waals surface area contributed by atoms with E-state index in [4.69, 9.17) is 0 Å². The Balaban J connectivity index is 2.67. The van der Waals surface area contributed by atoms with Gasteiger partial charge in [0.05, 0.1) is 10.9 Å². The average Bonchev–Trinajstić information content (AvgIpc) is 2.50. The van der Waals surface area contributed by atoms with Crippen LogP contribution < -0.4 is 0 Å². The van der Waals surface area contributed by atoms with Gasteiger partial charge in [-0.3, -0.25) is 0 Å². The van der Waals surface area contributed by atoms with Gasteiger partial charge in [0.2, 0.25) is 0 Å². The molecule has 2 heterocycles. The van der Waals surface area contributed by atoms with Crippen molar-refractivity contribution in [3.63, 3.8) is 0 Å². The molecule has 11 heavy (non-hydrogen) atoms. The van der Waals surface area contributed by atoms with Gasteiger partial charge in [-0.1, -0.05) is 6.92 Å². The maximum absolute atomic E-state index is 4.21. The van der Waals surface area contributed by atoms with E-state index in [1.165, 1.54) is 11.3 Å². The smallest absolute Gasteiger partial charge is 0.174 e. The van der Waals surface area contributed by atoms with Gasteiger partial charge in [0.1, 0.15) is 5.82 Å². The lowest BCUT2D eigenvalue weighted by Gasteiger charge is -1.91. The van der Waals surface area contributed by atoms with Crippen molar-refractivity contribution in [2.24, 2.45) is 0 Å². The summed E-state index contributed by atoms with van der Waals surface area (Å²) in [5, 5.41) is 0. The summed E-state index contributed by atoms with van der Waals surface area (Å²) in [4.78, 5) is 12.3. The van der Waals surface area contributed by atoms with Crippen LogP contribution in [0.5, 0.6) is 0 Å². The normalized spacial score (nSPS) is 10.6. The maximum Gasteiger partial charge on any atom is 0.174 e. The molecule has 2 aromatic heterocycles. The van der Waals surface area contributed by atoms with E-state index in [9.17, 15) is 0 Å². The van der Waals surface area contributed by atoms with E-state index in [0.717, 1.165) is 22.6 Å². The van der Waals surface area contributed by atoms with Crippen LogP contribution in [0, 0.1) is 5.51 Å². The Morgan fingerprint density at radius 3 is 3.36 bits per heavy atom. The molecule has 0 aliphatic heterocycles. The summed E-state index contributed by atoms with van der Waals surface area (Å²) in [5.41, 5.74) is 3.54. The number of hydrogen-bond acceptors (Lipinski definition) is 4. The number of fused-ring (bicyclic) bond motifs is 1. The zero-order valence-corrected chi connectivity index (χ0v) is 6.85. The van der Waals surface area contributed by atoms with Crippen LogP contribution in [-0.2, 0) is 6.42 Å². The predicted molar refractivity (Wildman–Crippen MR) is 43.4 cm³/mol.